The highest BCUT2D eigenvalue weighted by atomic mass is 14.1. The first-order chi connectivity index (χ1) is 6.93. The predicted molar refractivity (Wildman–Crippen MR) is 58.0 cm³/mol. The van der Waals surface area contributed by atoms with Gasteiger partial charge in [0.25, 0.3) is 0 Å². The summed E-state index contributed by atoms with van der Waals surface area (Å²) >= 11 is 0. The van der Waals surface area contributed by atoms with Crippen molar-refractivity contribution in [1.29, 1.82) is 0 Å². The summed E-state index contributed by atoms with van der Waals surface area (Å²) in [6, 6.07) is 8.39. The summed E-state index contributed by atoms with van der Waals surface area (Å²) in [6.07, 6.45) is 5.01. The van der Waals surface area contributed by atoms with E-state index in [2.05, 4.69) is 35.7 Å². The van der Waals surface area contributed by atoms with Crippen molar-refractivity contribution in [1.82, 2.24) is 0 Å². The Kier molecular flexibility index (Phi) is 1.70. The van der Waals surface area contributed by atoms with Crippen LogP contribution in [0, 0.1) is 0 Å². The van der Waals surface area contributed by atoms with Crippen molar-refractivity contribution in [3.8, 4) is 0 Å². The average molecular weight is 180 g/mol. The smallest absolute Gasteiger partial charge is 0.0318 e. The Morgan fingerprint density at radius 2 is 1.29 bits per heavy atom. The van der Waals surface area contributed by atoms with Crippen LogP contribution in [0.5, 0.6) is 0 Å². The second kappa shape index (κ2) is 3.03. The van der Waals surface area contributed by atoms with Crippen molar-refractivity contribution in [2.24, 2.45) is 0 Å². The normalized spacial score (nSPS) is 18.0. The van der Waals surface area contributed by atoms with Crippen LogP contribution in [0.4, 0.5) is 0 Å². The molecule has 0 aromatic heterocycles. The van der Waals surface area contributed by atoms with Crippen molar-refractivity contribution < 1.29 is 0 Å². The molecule has 0 heterocycles. The van der Waals surface area contributed by atoms with Gasteiger partial charge in [-0.15, -0.1) is 11.5 Å². The molecule has 68 valence electrons. The minimum absolute atomic E-state index is 1.19. The molecule has 0 nitrogen and oxygen atoms in total. The quantitative estimate of drug-likeness (QED) is 0.572. The Labute approximate surface area is 83.6 Å². The zero-order valence-corrected chi connectivity index (χ0v) is 8.14. The molecule has 0 amide bonds. The summed E-state index contributed by atoms with van der Waals surface area (Å²) in [4.78, 5) is 0. The number of hydrogen-bond donors (Lipinski definition) is 0. The van der Waals surface area contributed by atoms with Crippen LogP contribution in [-0.2, 0) is 0 Å². The van der Waals surface area contributed by atoms with Crippen molar-refractivity contribution in [3.05, 3.63) is 45.8 Å². The lowest BCUT2D eigenvalue weighted by molar-refractivity contribution is 0.685. The average Bonchev–Trinajstić information content (AvgIpc) is 2.26. The molecule has 1 saturated carbocycles. The van der Waals surface area contributed by atoms with Crippen LogP contribution < -0.4 is 10.4 Å². The van der Waals surface area contributed by atoms with Gasteiger partial charge in [0.15, 0.2) is 0 Å². The van der Waals surface area contributed by atoms with Gasteiger partial charge in [0.05, 0.1) is 0 Å². The van der Waals surface area contributed by atoms with Crippen LogP contribution in [-0.4, -0.2) is 0 Å². The Hall–Kier alpha value is -1.48. The predicted octanol–water partition coefficient (Wildman–Crippen LogP) is 1.89. The minimum Gasteiger partial charge on any atom is -0.107 e. The summed E-state index contributed by atoms with van der Waals surface area (Å²) in [5.74, 6) is 0. The molecular formula is C14H12. The first-order valence-electron chi connectivity index (χ1n) is 5.28. The molecule has 0 heteroatoms. The van der Waals surface area contributed by atoms with Gasteiger partial charge < -0.3 is 0 Å². The number of allylic oxidation sites excluding steroid dienone is 2. The van der Waals surface area contributed by atoms with Gasteiger partial charge in [0.1, 0.15) is 0 Å². The van der Waals surface area contributed by atoms with E-state index in [1.54, 1.807) is 0 Å². The maximum absolute atomic E-state index is 3.52. The lowest BCUT2D eigenvalue weighted by atomic mass is 9.89. The third kappa shape index (κ3) is 1.17. The highest BCUT2D eigenvalue weighted by molar-refractivity contribution is 5.54. The van der Waals surface area contributed by atoms with Crippen LogP contribution in [0.1, 0.15) is 25.7 Å². The van der Waals surface area contributed by atoms with Gasteiger partial charge in [-0.3, -0.25) is 0 Å². The molecule has 0 unspecified atom stereocenters. The lowest BCUT2D eigenvalue weighted by Gasteiger charge is -2.15. The molecule has 0 atom stereocenters. The molecule has 1 aromatic carbocycles. The molecule has 0 N–H and O–H groups in total. The fourth-order valence-electron chi connectivity index (χ4n) is 2.21. The largest absolute Gasteiger partial charge is 0.107 e. The maximum atomic E-state index is 3.52. The lowest BCUT2D eigenvalue weighted by Crippen LogP contribution is -2.24. The molecule has 14 heavy (non-hydrogen) atoms. The molecule has 0 radical (unpaired) electrons. The van der Waals surface area contributed by atoms with E-state index in [0.29, 0.717) is 0 Å². The summed E-state index contributed by atoms with van der Waals surface area (Å²) < 4.78 is 0. The van der Waals surface area contributed by atoms with E-state index in [1.807, 2.05) is 0 Å². The maximum Gasteiger partial charge on any atom is 0.0318 e. The first-order valence-corrected chi connectivity index (χ1v) is 5.28. The molecule has 0 spiro atoms. The van der Waals surface area contributed by atoms with Crippen molar-refractivity contribution >= 4 is 11.5 Å². The molecular weight excluding hydrogens is 168 g/mol. The standard InChI is InChI=1S/C14H12/c1-2-6-12-10-14-8-4-3-7-13(14)9-11(12)5-1/h1-2,5-6H,3-4,7-8H2. The highest BCUT2D eigenvalue weighted by Gasteiger charge is 2.11. The van der Waals surface area contributed by atoms with E-state index >= 15 is 0 Å². The number of hydrogen-bond acceptors (Lipinski definition) is 0. The van der Waals surface area contributed by atoms with E-state index in [9.17, 15) is 0 Å². The van der Waals surface area contributed by atoms with Gasteiger partial charge in [-0.05, 0) is 37.8 Å². The van der Waals surface area contributed by atoms with Crippen molar-refractivity contribution in [2.45, 2.75) is 25.7 Å². The summed E-state index contributed by atoms with van der Waals surface area (Å²) in [7, 11) is 0. The second-order valence-corrected chi connectivity index (χ2v) is 3.96. The monoisotopic (exact) mass is 180 g/mol. The van der Waals surface area contributed by atoms with E-state index in [-0.39, 0.29) is 0 Å². The van der Waals surface area contributed by atoms with Gasteiger partial charge in [0, 0.05) is 21.6 Å². The second-order valence-electron chi connectivity index (χ2n) is 3.96. The zero-order valence-electron chi connectivity index (χ0n) is 8.14. The first kappa shape index (κ1) is 7.88. The van der Waals surface area contributed by atoms with E-state index in [4.69, 9.17) is 0 Å². The molecule has 0 bridgehead atoms. The van der Waals surface area contributed by atoms with Gasteiger partial charge in [-0.2, -0.15) is 0 Å². The van der Waals surface area contributed by atoms with E-state index in [0.717, 1.165) is 0 Å². The van der Waals surface area contributed by atoms with Crippen LogP contribution >= 0.6 is 0 Å². The molecule has 3 rings (SSSR count). The molecule has 0 aliphatic heterocycles. The molecule has 1 fully saturated rings. The summed E-state index contributed by atoms with van der Waals surface area (Å²) in [6.45, 7) is 0. The van der Waals surface area contributed by atoms with Crippen molar-refractivity contribution in [2.75, 3.05) is 0 Å². The summed E-state index contributed by atoms with van der Waals surface area (Å²) in [5.41, 5.74) is 9.83. The Morgan fingerprint density at radius 3 is 1.79 bits per heavy atom. The molecule has 0 saturated heterocycles. The van der Waals surface area contributed by atoms with Crippen LogP contribution in [0.15, 0.2) is 35.4 Å². The third-order valence-corrected chi connectivity index (χ3v) is 2.97. The molecule has 2 aliphatic rings. The van der Waals surface area contributed by atoms with Gasteiger partial charge in [0.2, 0.25) is 0 Å². The number of fused-ring (bicyclic) bond motifs is 2. The van der Waals surface area contributed by atoms with Crippen LogP contribution in [0.3, 0.4) is 0 Å². The number of benzene rings is 1. The zero-order chi connectivity index (χ0) is 9.38. The SMILES string of the molecule is C1=C2CCCCC2=C=c2ccccc2=1. The fourth-order valence-corrected chi connectivity index (χ4v) is 2.21. The van der Waals surface area contributed by atoms with Gasteiger partial charge in [-0.1, -0.05) is 12.1 Å². The van der Waals surface area contributed by atoms with E-state index in [1.165, 1.54) is 47.3 Å². The third-order valence-electron chi connectivity index (χ3n) is 2.97. The topological polar surface area (TPSA) is 0 Å². The van der Waals surface area contributed by atoms with E-state index < -0.39 is 0 Å². The molecule has 2 aliphatic carbocycles. The van der Waals surface area contributed by atoms with Gasteiger partial charge in [-0.25, -0.2) is 0 Å². The Balaban J connectivity index is 2.43. The van der Waals surface area contributed by atoms with Gasteiger partial charge >= 0.3 is 0 Å². The fraction of sp³-hybridized carbons (Fsp3) is 0.286. The Morgan fingerprint density at radius 1 is 0.786 bits per heavy atom. The van der Waals surface area contributed by atoms with Crippen LogP contribution in [0.2, 0.25) is 0 Å². The molecule has 1 aromatic rings. The van der Waals surface area contributed by atoms with Crippen molar-refractivity contribution in [3.63, 3.8) is 0 Å². The highest BCUT2D eigenvalue weighted by Crippen LogP contribution is 2.27. The minimum atomic E-state index is 1.19. The Bertz CT molecular complexity index is 509. The van der Waals surface area contributed by atoms with Crippen LogP contribution in [0.25, 0.3) is 11.5 Å². The summed E-state index contributed by atoms with van der Waals surface area (Å²) in [5, 5.41) is 2.43. The number of rotatable bonds is 0.